The third-order valence-electron chi connectivity index (χ3n) is 3.40. The van der Waals surface area contributed by atoms with Crippen molar-refractivity contribution in [2.24, 2.45) is 11.0 Å². The number of nitrogens with zero attached hydrogens (tertiary/aromatic N) is 1. The van der Waals surface area contributed by atoms with E-state index in [2.05, 4.69) is 28.5 Å². The normalized spacial score (nSPS) is 19.5. The molecule has 0 bridgehead atoms. The van der Waals surface area contributed by atoms with Crippen LogP contribution in [0.3, 0.4) is 0 Å². The number of carbonyl (C=O) groups is 2. The molecule has 0 saturated carbocycles. The SMILES string of the molecule is CCC(S)C(=O)Nc1ccc(C2=NNC(=O)CC2C)cc1. The fourth-order valence-corrected chi connectivity index (χ4v) is 2.20. The lowest BCUT2D eigenvalue weighted by molar-refractivity contribution is -0.122. The standard InChI is InChI=1S/C15H19N3O2S/c1-3-12(21)15(20)16-11-6-4-10(5-7-11)14-9(2)8-13(19)17-18-14/h4-7,9,12,21H,3,8H2,1-2H3,(H,16,20)(H,17,19). The summed E-state index contributed by atoms with van der Waals surface area (Å²) in [4.78, 5) is 23.0. The summed E-state index contributed by atoms with van der Waals surface area (Å²) in [6.45, 7) is 3.89. The minimum Gasteiger partial charge on any atom is -0.325 e. The molecule has 1 aromatic carbocycles. The average Bonchev–Trinajstić information content (AvgIpc) is 2.47. The van der Waals surface area contributed by atoms with E-state index < -0.39 is 0 Å². The molecule has 0 spiro atoms. The summed E-state index contributed by atoms with van der Waals surface area (Å²) in [5.74, 6) is -0.0835. The first-order chi connectivity index (χ1) is 10.0. The van der Waals surface area contributed by atoms with Crippen molar-refractivity contribution in [1.29, 1.82) is 0 Å². The Bertz CT molecular complexity index is 569. The molecule has 2 rings (SSSR count). The molecule has 112 valence electrons. The van der Waals surface area contributed by atoms with Gasteiger partial charge in [0.15, 0.2) is 0 Å². The van der Waals surface area contributed by atoms with Crippen molar-refractivity contribution in [3.8, 4) is 0 Å². The molecule has 2 N–H and O–H groups in total. The van der Waals surface area contributed by atoms with E-state index in [1.165, 1.54) is 0 Å². The van der Waals surface area contributed by atoms with Crippen molar-refractivity contribution in [2.45, 2.75) is 31.9 Å². The van der Waals surface area contributed by atoms with Crippen LogP contribution in [-0.2, 0) is 9.59 Å². The lowest BCUT2D eigenvalue weighted by Crippen LogP contribution is -2.31. The van der Waals surface area contributed by atoms with Crippen LogP contribution >= 0.6 is 12.6 Å². The van der Waals surface area contributed by atoms with Crippen molar-refractivity contribution in [3.63, 3.8) is 0 Å². The molecule has 2 amide bonds. The maximum absolute atomic E-state index is 11.8. The van der Waals surface area contributed by atoms with Crippen LogP contribution in [0.2, 0.25) is 0 Å². The molecule has 1 aliphatic heterocycles. The molecule has 0 aromatic heterocycles. The summed E-state index contributed by atoms with van der Waals surface area (Å²) in [5.41, 5.74) is 5.02. The molecule has 6 heteroatoms. The number of amides is 2. The van der Waals surface area contributed by atoms with Crippen LogP contribution in [0.1, 0.15) is 32.3 Å². The number of hydrogen-bond donors (Lipinski definition) is 3. The zero-order chi connectivity index (χ0) is 15.4. The summed E-state index contributed by atoms with van der Waals surface area (Å²) >= 11 is 4.21. The van der Waals surface area contributed by atoms with E-state index in [0.29, 0.717) is 12.8 Å². The van der Waals surface area contributed by atoms with Gasteiger partial charge in [0.25, 0.3) is 0 Å². The van der Waals surface area contributed by atoms with E-state index in [4.69, 9.17) is 0 Å². The molecule has 1 aliphatic rings. The highest BCUT2D eigenvalue weighted by molar-refractivity contribution is 7.81. The van der Waals surface area contributed by atoms with E-state index in [0.717, 1.165) is 17.0 Å². The van der Waals surface area contributed by atoms with E-state index in [-0.39, 0.29) is 23.0 Å². The van der Waals surface area contributed by atoms with Gasteiger partial charge in [0.05, 0.1) is 11.0 Å². The molecule has 0 saturated heterocycles. The fourth-order valence-electron chi connectivity index (χ4n) is 2.14. The van der Waals surface area contributed by atoms with Crippen LogP contribution in [0.25, 0.3) is 0 Å². The first kappa shape index (κ1) is 15.6. The highest BCUT2D eigenvalue weighted by Crippen LogP contribution is 2.18. The second-order valence-corrected chi connectivity index (χ2v) is 5.75. The van der Waals surface area contributed by atoms with Gasteiger partial charge in [0.1, 0.15) is 0 Å². The number of nitrogens with one attached hydrogen (secondary N) is 2. The number of benzene rings is 1. The molecule has 0 radical (unpaired) electrons. The van der Waals surface area contributed by atoms with Crippen molar-refractivity contribution >= 4 is 35.8 Å². The highest BCUT2D eigenvalue weighted by Gasteiger charge is 2.21. The molecule has 21 heavy (non-hydrogen) atoms. The zero-order valence-corrected chi connectivity index (χ0v) is 13.0. The Morgan fingerprint density at radius 3 is 2.71 bits per heavy atom. The largest absolute Gasteiger partial charge is 0.325 e. The van der Waals surface area contributed by atoms with Gasteiger partial charge in [-0.15, -0.1) is 0 Å². The number of anilines is 1. The summed E-state index contributed by atoms with van der Waals surface area (Å²) in [6, 6.07) is 7.44. The molecule has 2 unspecified atom stereocenters. The summed E-state index contributed by atoms with van der Waals surface area (Å²) < 4.78 is 0. The van der Waals surface area contributed by atoms with Gasteiger partial charge in [-0.1, -0.05) is 26.0 Å². The van der Waals surface area contributed by atoms with E-state index >= 15 is 0 Å². The van der Waals surface area contributed by atoms with Crippen molar-refractivity contribution in [3.05, 3.63) is 29.8 Å². The number of rotatable bonds is 4. The Balaban J connectivity index is 2.09. The minimum absolute atomic E-state index is 0.0606. The third kappa shape index (κ3) is 3.85. The Morgan fingerprint density at radius 1 is 1.48 bits per heavy atom. The maximum atomic E-state index is 11.8. The van der Waals surface area contributed by atoms with Gasteiger partial charge < -0.3 is 5.32 Å². The lowest BCUT2D eigenvalue weighted by atomic mass is 9.94. The van der Waals surface area contributed by atoms with E-state index in [1.54, 1.807) is 0 Å². The second kappa shape index (κ2) is 6.76. The molecule has 0 fully saturated rings. The Morgan fingerprint density at radius 2 is 2.14 bits per heavy atom. The summed E-state index contributed by atoms with van der Waals surface area (Å²) in [5, 5.41) is 6.62. The van der Waals surface area contributed by atoms with Crippen LogP contribution < -0.4 is 10.7 Å². The average molecular weight is 305 g/mol. The predicted molar refractivity (Wildman–Crippen MR) is 86.6 cm³/mol. The summed E-state index contributed by atoms with van der Waals surface area (Å²) in [6.07, 6.45) is 1.12. The lowest BCUT2D eigenvalue weighted by Gasteiger charge is -2.19. The quantitative estimate of drug-likeness (QED) is 0.746. The monoisotopic (exact) mass is 305 g/mol. The molecule has 2 atom stereocenters. The molecule has 1 heterocycles. The molecular formula is C15H19N3O2S. The fraction of sp³-hybridized carbons (Fsp3) is 0.400. The number of hydrazone groups is 1. The smallest absolute Gasteiger partial charge is 0.240 e. The van der Waals surface area contributed by atoms with Gasteiger partial charge in [-0.2, -0.15) is 17.7 Å². The number of hydrogen-bond acceptors (Lipinski definition) is 4. The van der Waals surface area contributed by atoms with Gasteiger partial charge in [-0.3, -0.25) is 9.59 Å². The van der Waals surface area contributed by atoms with Crippen LogP contribution in [0, 0.1) is 5.92 Å². The number of thiol groups is 1. The van der Waals surface area contributed by atoms with Gasteiger partial charge in [0.2, 0.25) is 11.8 Å². The van der Waals surface area contributed by atoms with Crippen LogP contribution in [0.5, 0.6) is 0 Å². The molecule has 0 aliphatic carbocycles. The minimum atomic E-state index is -0.303. The highest BCUT2D eigenvalue weighted by atomic mass is 32.1. The molecule has 5 nitrogen and oxygen atoms in total. The zero-order valence-electron chi connectivity index (χ0n) is 12.1. The van der Waals surface area contributed by atoms with Gasteiger partial charge in [-0.05, 0) is 24.1 Å². The Kier molecular flexibility index (Phi) is 5.01. The summed E-state index contributed by atoms with van der Waals surface area (Å²) in [7, 11) is 0. The van der Waals surface area contributed by atoms with Gasteiger partial charge >= 0.3 is 0 Å². The second-order valence-electron chi connectivity index (χ2n) is 5.13. The first-order valence-electron chi connectivity index (χ1n) is 6.97. The Hall–Kier alpha value is -1.82. The molecular weight excluding hydrogens is 286 g/mol. The maximum Gasteiger partial charge on any atom is 0.240 e. The Labute approximate surface area is 129 Å². The van der Waals surface area contributed by atoms with Crippen LogP contribution in [-0.4, -0.2) is 22.8 Å². The van der Waals surface area contributed by atoms with Crippen LogP contribution in [0.4, 0.5) is 5.69 Å². The third-order valence-corrected chi connectivity index (χ3v) is 4.00. The predicted octanol–water partition coefficient (Wildman–Crippen LogP) is 2.19. The van der Waals surface area contributed by atoms with E-state index in [1.807, 2.05) is 38.1 Å². The van der Waals surface area contributed by atoms with Crippen LogP contribution in [0.15, 0.2) is 29.4 Å². The number of carbonyl (C=O) groups excluding carboxylic acids is 2. The van der Waals surface area contributed by atoms with E-state index in [9.17, 15) is 9.59 Å². The van der Waals surface area contributed by atoms with Gasteiger partial charge in [-0.25, -0.2) is 5.43 Å². The van der Waals surface area contributed by atoms with Crippen molar-refractivity contribution in [2.75, 3.05) is 5.32 Å². The van der Waals surface area contributed by atoms with Gasteiger partial charge in [0, 0.05) is 18.0 Å². The van der Waals surface area contributed by atoms with Crippen molar-refractivity contribution < 1.29 is 9.59 Å². The van der Waals surface area contributed by atoms with Crippen molar-refractivity contribution in [1.82, 2.24) is 5.43 Å². The molecule has 1 aromatic rings. The first-order valence-corrected chi connectivity index (χ1v) is 7.48. The topological polar surface area (TPSA) is 70.6 Å².